The average Bonchev–Trinajstić information content (AvgIpc) is 2.49. The molecule has 2 aromatic rings. The molecule has 0 saturated carbocycles. The van der Waals surface area contributed by atoms with E-state index in [4.69, 9.17) is 16.9 Å². The molecule has 0 aliphatic rings. The van der Waals surface area contributed by atoms with Crippen LogP contribution in [0, 0.1) is 25.2 Å². The molecule has 0 saturated heterocycles. The summed E-state index contributed by atoms with van der Waals surface area (Å²) in [6, 6.07) is 12.0. The lowest BCUT2D eigenvalue weighted by molar-refractivity contribution is 0.871. The number of rotatable bonds is 4. The standard InChI is InChI=1S/C17H17ClN4/c1-4-22(20-11-14-7-5-12(2)6-8-14)16-9-13(3)15(10-19)17(18)21-16/h5-9,11H,4H2,1-3H3/b20-11-. The minimum Gasteiger partial charge on any atom is -0.248 e. The maximum absolute atomic E-state index is 9.04. The van der Waals surface area contributed by atoms with E-state index in [0.717, 1.165) is 11.1 Å². The number of hydrogen-bond donors (Lipinski definition) is 0. The molecule has 0 aliphatic heterocycles. The first-order valence-electron chi connectivity index (χ1n) is 7.00. The van der Waals surface area contributed by atoms with Gasteiger partial charge >= 0.3 is 0 Å². The van der Waals surface area contributed by atoms with Gasteiger partial charge in [0.05, 0.1) is 11.8 Å². The van der Waals surface area contributed by atoms with Crippen molar-refractivity contribution in [3.8, 4) is 6.07 Å². The summed E-state index contributed by atoms with van der Waals surface area (Å²) in [4.78, 5) is 4.26. The van der Waals surface area contributed by atoms with E-state index in [1.165, 1.54) is 5.56 Å². The molecule has 0 aliphatic carbocycles. The van der Waals surface area contributed by atoms with Crippen molar-refractivity contribution < 1.29 is 0 Å². The highest BCUT2D eigenvalue weighted by atomic mass is 35.5. The molecular weight excluding hydrogens is 296 g/mol. The summed E-state index contributed by atoms with van der Waals surface area (Å²) >= 11 is 6.06. The van der Waals surface area contributed by atoms with Crippen molar-refractivity contribution in [1.29, 1.82) is 5.26 Å². The number of anilines is 1. The van der Waals surface area contributed by atoms with Crippen molar-refractivity contribution in [1.82, 2.24) is 4.98 Å². The fraction of sp³-hybridized carbons (Fsp3) is 0.235. The van der Waals surface area contributed by atoms with Gasteiger partial charge in [0.25, 0.3) is 0 Å². The maximum Gasteiger partial charge on any atom is 0.150 e. The van der Waals surface area contributed by atoms with Gasteiger partial charge in [0.1, 0.15) is 11.2 Å². The van der Waals surface area contributed by atoms with E-state index >= 15 is 0 Å². The van der Waals surface area contributed by atoms with Gasteiger partial charge in [-0.1, -0.05) is 41.4 Å². The van der Waals surface area contributed by atoms with Crippen LogP contribution >= 0.6 is 11.6 Å². The van der Waals surface area contributed by atoms with Crippen LogP contribution in [0.2, 0.25) is 5.15 Å². The topological polar surface area (TPSA) is 52.3 Å². The minimum absolute atomic E-state index is 0.210. The number of pyridine rings is 1. The van der Waals surface area contributed by atoms with Gasteiger partial charge in [0.15, 0.2) is 5.82 Å². The van der Waals surface area contributed by atoms with Crippen molar-refractivity contribution >= 4 is 23.6 Å². The zero-order valence-corrected chi connectivity index (χ0v) is 13.6. The Morgan fingerprint density at radius 3 is 2.55 bits per heavy atom. The van der Waals surface area contributed by atoms with Crippen LogP contribution in [0.4, 0.5) is 5.82 Å². The predicted molar refractivity (Wildman–Crippen MR) is 90.5 cm³/mol. The van der Waals surface area contributed by atoms with E-state index in [1.54, 1.807) is 11.2 Å². The molecule has 1 heterocycles. The number of benzene rings is 1. The van der Waals surface area contributed by atoms with Gasteiger partial charge in [-0.25, -0.2) is 9.99 Å². The summed E-state index contributed by atoms with van der Waals surface area (Å²) < 4.78 is 0. The summed E-state index contributed by atoms with van der Waals surface area (Å²) in [6.45, 7) is 6.52. The first kappa shape index (κ1) is 16.0. The monoisotopic (exact) mass is 312 g/mol. The van der Waals surface area contributed by atoms with Crippen LogP contribution in [0.25, 0.3) is 0 Å². The first-order chi connectivity index (χ1) is 10.5. The van der Waals surface area contributed by atoms with Crippen LogP contribution in [0.3, 0.4) is 0 Å². The van der Waals surface area contributed by atoms with E-state index in [-0.39, 0.29) is 5.15 Å². The second kappa shape index (κ2) is 7.06. The van der Waals surface area contributed by atoms with Gasteiger partial charge in [-0.15, -0.1) is 0 Å². The molecule has 0 radical (unpaired) electrons. The molecule has 0 bridgehead atoms. The lowest BCUT2D eigenvalue weighted by atomic mass is 10.2. The highest BCUT2D eigenvalue weighted by molar-refractivity contribution is 6.30. The first-order valence-corrected chi connectivity index (χ1v) is 7.38. The summed E-state index contributed by atoms with van der Waals surface area (Å²) in [5.41, 5.74) is 3.42. The fourth-order valence-corrected chi connectivity index (χ4v) is 2.25. The summed E-state index contributed by atoms with van der Waals surface area (Å²) in [6.07, 6.45) is 1.78. The van der Waals surface area contributed by atoms with Crippen LogP contribution < -0.4 is 5.01 Å². The minimum atomic E-state index is 0.210. The van der Waals surface area contributed by atoms with E-state index in [1.807, 2.05) is 51.1 Å². The third kappa shape index (κ3) is 3.63. The van der Waals surface area contributed by atoms with Crippen LogP contribution in [0.15, 0.2) is 35.4 Å². The predicted octanol–water partition coefficient (Wildman–Crippen LogP) is 4.08. The molecule has 2 rings (SSSR count). The van der Waals surface area contributed by atoms with Gasteiger partial charge in [-0.3, -0.25) is 0 Å². The number of aryl methyl sites for hydroxylation is 2. The SMILES string of the molecule is CCN(/N=C\c1ccc(C)cc1)c1cc(C)c(C#N)c(Cl)n1. The Balaban J connectivity index is 2.29. The molecule has 1 aromatic carbocycles. The molecule has 22 heavy (non-hydrogen) atoms. The molecule has 112 valence electrons. The summed E-state index contributed by atoms with van der Waals surface area (Å²) in [7, 11) is 0. The van der Waals surface area contributed by atoms with Crippen LogP contribution in [0.5, 0.6) is 0 Å². The number of nitriles is 1. The number of hydrogen-bond acceptors (Lipinski definition) is 4. The second-order valence-electron chi connectivity index (χ2n) is 4.95. The zero-order chi connectivity index (χ0) is 16.1. The Bertz CT molecular complexity index is 706. The van der Waals surface area contributed by atoms with E-state index in [9.17, 15) is 0 Å². The summed E-state index contributed by atoms with van der Waals surface area (Å²) in [5.74, 6) is 0.632. The zero-order valence-electron chi connectivity index (χ0n) is 12.8. The van der Waals surface area contributed by atoms with E-state index < -0.39 is 0 Å². The van der Waals surface area contributed by atoms with E-state index in [2.05, 4.69) is 16.2 Å². The average molecular weight is 313 g/mol. The smallest absolute Gasteiger partial charge is 0.150 e. The molecule has 0 fully saturated rings. The highest BCUT2D eigenvalue weighted by Crippen LogP contribution is 2.22. The lowest BCUT2D eigenvalue weighted by Crippen LogP contribution is -2.17. The van der Waals surface area contributed by atoms with Gasteiger partial charge in [-0.2, -0.15) is 10.4 Å². The third-order valence-corrected chi connectivity index (χ3v) is 3.53. The maximum atomic E-state index is 9.04. The molecule has 1 aromatic heterocycles. The molecule has 0 spiro atoms. The fourth-order valence-electron chi connectivity index (χ4n) is 1.98. The second-order valence-corrected chi connectivity index (χ2v) is 5.30. The third-order valence-electron chi connectivity index (χ3n) is 3.26. The van der Waals surface area contributed by atoms with Crippen molar-refractivity contribution in [3.05, 3.63) is 57.7 Å². The van der Waals surface area contributed by atoms with Crippen molar-refractivity contribution in [3.63, 3.8) is 0 Å². The largest absolute Gasteiger partial charge is 0.248 e. The Kier molecular flexibility index (Phi) is 5.13. The Hall–Kier alpha value is -2.38. The summed E-state index contributed by atoms with van der Waals surface area (Å²) in [5, 5.41) is 15.5. The van der Waals surface area contributed by atoms with Crippen LogP contribution in [0.1, 0.15) is 29.2 Å². The molecule has 0 N–H and O–H groups in total. The Morgan fingerprint density at radius 1 is 1.32 bits per heavy atom. The molecular formula is C17H17ClN4. The molecule has 4 nitrogen and oxygen atoms in total. The molecule has 0 atom stereocenters. The van der Waals surface area contributed by atoms with Crippen molar-refractivity contribution in [2.45, 2.75) is 20.8 Å². The van der Waals surface area contributed by atoms with E-state index in [0.29, 0.717) is 17.9 Å². The lowest BCUT2D eigenvalue weighted by Gasteiger charge is -2.17. The highest BCUT2D eigenvalue weighted by Gasteiger charge is 2.11. The number of hydrazone groups is 1. The van der Waals surface area contributed by atoms with Crippen LogP contribution in [-0.4, -0.2) is 17.7 Å². The van der Waals surface area contributed by atoms with Gasteiger partial charge in [0.2, 0.25) is 0 Å². The molecule has 5 heteroatoms. The van der Waals surface area contributed by atoms with Gasteiger partial charge in [-0.05, 0) is 38.0 Å². The van der Waals surface area contributed by atoms with Crippen molar-refractivity contribution in [2.75, 3.05) is 11.6 Å². The molecule has 0 amide bonds. The Labute approximate surface area is 135 Å². The quantitative estimate of drug-likeness (QED) is 0.485. The van der Waals surface area contributed by atoms with Gasteiger partial charge < -0.3 is 0 Å². The molecule has 0 unspecified atom stereocenters. The number of aromatic nitrogens is 1. The van der Waals surface area contributed by atoms with Crippen molar-refractivity contribution in [2.24, 2.45) is 5.10 Å². The van der Waals surface area contributed by atoms with Crippen LogP contribution in [-0.2, 0) is 0 Å². The Morgan fingerprint density at radius 2 is 2.00 bits per heavy atom. The number of halogens is 1. The normalized spacial score (nSPS) is 10.7. The number of nitrogens with zero attached hydrogens (tertiary/aromatic N) is 4. The van der Waals surface area contributed by atoms with Gasteiger partial charge in [0, 0.05) is 6.54 Å².